The van der Waals surface area contributed by atoms with Crippen LogP contribution in [0.3, 0.4) is 0 Å². The predicted molar refractivity (Wildman–Crippen MR) is 80.7 cm³/mol. The van der Waals surface area contributed by atoms with Crippen molar-refractivity contribution in [3.63, 3.8) is 0 Å². The van der Waals surface area contributed by atoms with Crippen LogP contribution < -0.4 is 10.6 Å². The van der Waals surface area contributed by atoms with E-state index >= 15 is 0 Å². The number of H-pyrrole nitrogens is 1. The fraction of sp³-hybridized carbons (Fsp3) is 0.231. The van der Waals surface area contributed by atoms with Crippen molar-refractivity contribution in [2.75, 3.05) is 5.32 Å². The zero-order valence-corrected chi connectivity index (χ0v) is 12.6. The average Bonchev–Trinajstić information content (AvgIpc) is 2.89. The van der Waals surface area contributed by atoms with E-state index in [0.29, 0.717) is 22.2 Å². The lowest BCUT2D eigenvalue weighted by Crippen LogP contribution is -2.44. The highest BCUT2D eigenvalue weighted by molar-refractivity contribution is 14.1. The summed E-state index contributed by atoms with van der Waals surface area (Å²) >= 11 is 2.00. The van der Waals surface area contributed by atoms with Gasteiger partial charge in [-0.15, -0.1) is 0 Å². The fourth-order valence-corrected chi connectivity index (χ4v) is 2.78. The number of halogens is 2. The highest BCUT2D eigenvalue weighted by atomic mass is 127. The van der Waals surface area contributed by atoms with E-state index in [-0.39, 0.29) is 17.8 Å². The molecule has 0 fully saturated rings. The number of fused-ring (bicyclic) bond motifs is 1. The Balaban J connectivity index is 1.71. The van der Waals surface area contributed by atoms with E-state index in [2.05, 4.69) is 20.6 Å². The Morgan fingerprint density at radius 2 is 2.35 bits per heavy atom. The number of hydrogen-bond donors (Lipinski definition) is 3. The summed E-state index contributed by atoms with van der Waals surface area (Å²) in [6.45, 7) is 0.591. The third kappa shape index (κ3) is 2.68. The molecule has 1 atom stereocenters. The molecule has 1 aliphatic rings. The van der Waals surface area contributed by atoms with Gasteiger partial charge in [0.1, 0.15) is 5.82 Å². The van der Waals surface area contributed by atoms with Gasteiger partial charge in [-0.1, -0.05) is 0 Å². The maximum Gasteiger partial charge on any atom is 0.241 e. The third-order valence-electron chi connectivity index (χ3n) is 3.24. The van der Waals surface area contributed by atoms with E-state index in [9.17, 15) is 9.18 Å². The first-order valence-electron chi connectivity index (χ1n) is 6.14. The standard InChI is InChI=1S/C13H12FIN4O/c14-7-1-2-9(8(15)3-7)19-13(20)11-4-10-12(5-16-11)18-6-17-10/h1-3,6,11,16H,4-5H2,(H,17,18)(H,19,20). The van der Waals surface area contributed by atoms with Crippen LogP contribution in [0, 0.1) is 9.39 Å². The summed E-state index contributed by atoms with van der Waals surface area (Å²) in [5.41, 5.74) is 2.55. The Bertz CT molecular complexity index is 658. The minimum Gasteiger partial charge on any atom is -0.347 e. The first-order chi connectivity index (χ1) is 9.63. The molecule has 2 heterocycles. The minimum atomic E-state index is -0.327. The number of aromatic amines is 1. The second kappa shape index (κ2) is 5.49. The first kappa shape index (κ1) is 13.5. The lowest BCUT2D eigenvalue weighted by atomic mass is 10.0. The largest absolute Gasteiger partial charge is 0.347 e. The number of aromatic nitrogens is 2. The zero-order chi connectivity index (χ0) is 14.1. The normalized spacial score (nSPS) is 17.6. The van der Waals surface area contributed by atoms with Gasteiger partial charge in [0.25, 0.3) is 0 Å². The Morgan fingerprint density at radius 3 is 3.15 bits per heavy atom. The number of imidazole rings is 1. The lowest BCUT2D eigenvalue weighted by molar-refractivity contribution is -0.118. The van der Waals surface area contributed by atoms with Crippen molar-refractivity contribution in [1.82, 2.24) is 15.3 Å². The van der Waals surface area contributed by atoms with E-state index in [1.54, 1.807) is 12.4 Å². The van der Waals surface area contributed by atoms with E-state index in [1.807, 2.05) is 22.6 Å². The van der Waals surface area contributed by atoms with Crippen LogP contribution in [0.4, 0.5) is 10.1 Å². The molecule has 1 unspecified atom stereocenters. The van der Waals surface area contributed by atoms with Gasteiger partial charge in [-0.2, -0.15) is 0 Å². The maximum absolute atomic E-state index is 13.0. The first-order valence-corrected chi connectivity index (χ1v) is 7.22. The van der Waals surface area contributed by atoms with Crippen molar-refractivity contribution in [1.29, 1.82) is 0 Å². The van der Waals surface area contributed by atoms with Gasteiger partial charge in [0.2, 0.25) is 5.91 Å². The Labute approximate surface area is 128 Å². The van der Waals surface area contributed by atoms with Crippen molar-refractivity contribution in [3.05, 3.63) is 45.3 Å². The quantitative estimate of drug-likeness (QED) is 0.690. The highest BCUT2D eigenvalue weighted by Gasteiger charge is 2.26. The van der Waals surface area contributed by atoms with Crippen LogP contribution in [0.1, 0.15) is 11.4 Å². The highest BCUT2D eigenvalue weighted by Crippen LogP contribution is 2.20. The van der Waals surface area contributed by atoms with Crippen molar-refractivity contribution in [2.24, 2.45) is 0 Å². The molecule has 7 heteroatoms. The number of anilines is 1. The van der Waals surface area contributed by atoms with Gasteiger partial charge in [-0.3, -0.25) is 10.1 Å². The monoisotopic (exact) mass is 386 g/mol. The van der Waals surface area contributed by atoms with Crippen LogP contribution in [0.15, 0.2) is 24.5 Å². The molecule has 3 N–H and O–H groups in total. The molecule has 0 bridgehead atoms. The van der Waals surface area contributed by atoms with E-state index in [0.717, 1.165) is 11.4 Å². The molecule has 1 aromatic heterocycles. The van der Waals surface area contributed by atoms with Crippen LogP contribution in [0.2, 0.25) is 0 Å². The fourth-order valence-electron chi connectivity index (χ4n) is 2.17. The SMILES string of the molecule is O=C(Nc1ccc(F)cc1I)C1Cc2nc[nH]c2CN1. The third-order valence-corrected chi connectivity index (χ3v) is 4.13. The number of hydrogen-bond acceptors (Lipinski definition) is 3. The number of benzene rings is 1. The van der Waals surface area contributed by atoms with Crippen LogP contribution in [0.5, 0.6) is 0 Å². The molecule has 104 valence electrons. The van der Waals surface area contributed by atoms with E-state index in [1.165, 1.54) is 12.1 Å². The van der Waals surface area contributed by atoms with Crippen molar-refractivity contribution < 1.29 is 9.18 Å². The van der Waals surface area contributed by atoms with Gasteiger partial charge in [-0.05, 0) is 40.8 Å². The molecule has 2 aromatic rings. The Morgan fingerprint density at radius 1 is 1.50 bits per heavy atom. The molecule has 5 nitrogen and oxygen atoms in total. The van der Waals surface area contributed by atoms with Gasteiger partial charge >= 0.3 is 0 Å². The van der Waals surface area contributed by atoms with Crippen LogP contribution in [0.25, 0.3) is 0 Å². The van der Waals surface area contributed by atoms with Gasteiger partial charge in [0.05, 0.1) is 29.4 Å². The van der Waals surface area contributed by atoms with Crippen LogP contribution >= 0.6 is 22.6 Å². The summed E-state index contributed by atoms with van der Waals surface area (Å²) in [7, 11) is 0. The average molecular weight is 386 g/mol. The number of amides is 1. The summed E-state index contributed by atoms with van der Waals surface area (Å²) in [5, 5.41) is 5.97. The van der Waals surface area contributed by atoms with Crippen molar-refractivity contribution in [3.8, 4) is 0 Å². The molecular weight excluding hydrogens is 374 g/mol. The molecular formula is C13H12FIN4O. The summed E-state index contributed by atoms with van der Waals surface area (Å²) in [6, 6.07) is 3.96. The van der Waals surface area contributed by atoms with Gasteiger partial charge in [0, 0.05) is 16.5 Å². The second-order valence-corrected chi connectivity index (χ2v) is 5.74. The maximum atomic E-state index is 13.0. The predicted octanol–water partition coefficient (Wildman–Crippen LogP) is 1.81. The Kier molecular flexibility index (Phi) is 3.70. The molecule has 1 aliphatic heterocycles. The smallest absolute Gasteiger partial charge is 0.241 e. The van der Waals surface area contributed by atoms with Crippen molar-refractivity contribution >= 4 is 34.2 Å². The minimum absolute atomic E-state index is 0.136. The molecule has 1 aromatic carbocycles. The summed E-state index contributed by atoms with van der Waals surface area (Å²) < 4.78 is 13.7. The van der Waals surface area contributed by atoms with Gasteiger partial charge in [-0.25, -0.2) is 9.37 Å². The summed E-state index contributed by atoms with van der Waals surface area (Å²) in [6.07, 6.45) is 2.18. The van der Waals surface area contributed by atoms with Crippen LogP contribution in [-0.4, -0.2) is 21.9 Å². The van der Waals surface area contributed by atoms with E-state index in [4.69, 9.17) is 0 Å². The van der Waals surface area contributed by atoms with E-state index < -0.39 is 0 Å². The number of nitrogens with zero attached hydrogens (tertiary/aromatic N) is 1. The summed E-state index contributed by atoms with van der Waals surface area (Å²) in [5.74, 6) is -0.451. The second-order valence-electron chi connectivity index (χ2n) is 4.58. The van der Waals surface area contributed by atoms with Gasteiger partial charge < -0.3 is 10.3 Å². The lowest BCUT2D eigenvalue weighted by Gasteiger charge is -2.22. The number of nitrogens with one attached hydrogen (secondary N) is 3. The molecule has 0 saturated heterocycles. The summed E-state index contributed by atoms with van der Waals surface area (Å²) in [4.78, 5) is 19.5. The molecule has 0 radical (unpaired) electrons. The number of carbonyl (C=O) groups excluding carboxylic acids is 1. The zero-order valence-electron chi connectivity index (χ0n) is 10.4. The van der Waals surface area contributed by atoms with Gasteiger partial charge in [0.15, 0.2) is 0 Å². The van der Waals surface area contributed by atoms with Crippen LogP contribution in [-0.2, 0) is 17.8 Å². The molecule has 0 aliphatic carbocycles. The molecule has 1 amide bonds. The number of carbonyl (C=O) groups is 1. The molecule has 0 saturated carbocycles. The topological polar surface area (TPSA) is 69.8 Å². The Hall–Kier alpha value is -1.48. The van der Waals surface area contributed by atoms with Crippen molar-refractivity contribution in [2.45, 2.75) is 19.0 Å². The molecule has 0 spiro atoms. The number of rotatable bonds is 2. The molecule has 20 heavy (non-hydrogen) atoms. The molecule has 3 rings (SSSR count).